The van der Waals surface area contributed by atoms with Gasteiger partial charge in [-0.25, -0.2) is 0 Å². The van der Waals surface area contributed by atoms with E-state index in [2.05, 4.69) is 34.0 Å². The van der Waals surface area contributed by atoms with Gasteiger partial charge in [0.1, 0.15) is 9.68 Å². The van der Waals surface area contributed by atoms with Gasteiger partial charge < -0.3 is 0 Å². The number of nitrogens with zero attached hydrogens (tertiary/aromatic N) is 3. The Morgan fingerprint density at radius 3 is 1.76 bits per heavy atom. The van der Waals surface area contributed by atoms with Crippen LogP contribution in [0.4, 0.5) is 0 Å². The lowest BCUT2D eigenvalue weighted by atomic mass is 10.0. The van der Waals surface area contributed by atoms with Crippen LogP contribution in [0.3, 0.4) is 0 Å². The fourth-order valence-corrected chi connectivity index (χ4v) is 3.09. The first-order valence-corrected chi connectivity index (χ1v) is 6.97. The summed E-state index contributed by atoms with van der Waals surface area (Å²) in [5, 5.41) is 0. The maximum atomic E-state index is 8.50. The third-order valence-electron chi connectivity index (χ3n) is 2.73. The SMILES string of the molecule is [N-]=[N+]=N[SiH2]C(c1ccccc1)c1ccccc1. The van der Waals surface area contributed by atoms with Crippen molar-refractivity contribution in [2.24, 2.45) is 4.78 Å². The summed E-state index contributed by atoms with van der Waals surface area (Å²) in [6, 6.07) is 20.5. The average molecular weight is 239 g/mol. The van der Waals surface area contributed by atoms with E-state index in [0.29, 0.717) is 0 Å². The molecule has 0 saturated carbocycles. The molecule has 17 heavy (non-hydrogen) atoms. The predicted molar refractivity (Wildman–Crippen MR) is 72.4 cm³/mol. The van der Waals surface area contributed by atoms with Crippen molar-refractivity contribution in [2.45, 2.75) is 5.54 Å². The summed E-state index contributed by atoms with van der Waals surface area (Å²) >= 11 is 0. The monoisotopic (exact) mass is 239 g/mol. The van der Waals surface area contributed by atoms with E-state index in [0.717, 1.165) is 0 Å². The van der Waals surface area contributed by atoms with Crippen LogP contribution in [0.2, 0.25) is 0 Å². The van der Waals surface area contributed by atoms with Crippen LogP contribution in [0.1, 0.15) is 16.7 Å². The normalized spacial score (nSPS) is 10.6. The van der Waals surface area contributed by atoms with Gasteiger partial charge in [-0.1, -0.05) is 60.7 Å². The maximum Gasteiger partial charge on any atom is 0.136 e. The molecule has 2 aromatic rings. The quantitative estimate of drug-likeness (QED) is 0.340. The highest BCUT2D eigenvalue weighted by Gasteiger charge is 2.12. The molecule has 0 aliphatic carbocycles. The molecule has 0 aliphatic rings. The second-order valence-corrected chi connectivity index (χ2v) is 5.25. The Labute approximate surface area is 103 Å². The van der Waals surface area contributed by atoms with Crippen molar-refractivity contribution in [1.82, 2.24) is 0 Å². The van der Waals surface area contributed by atoms with E-state index in [1.165, 1.54) is 11.1 Å². The first-order valence-electron chi connectivity index (χ1n) is 5.52. The van der Waals surface area contributed by atoms with Crippen molar-refractivity contribution in [3.05, 3.63) is 82.2 Å². The summed E-state index contributed by atoms with van der Waals surface area (Å²) in [7, 11) is -0.863. The summed E-state index contributed by atoms with van der Waals surface area (Å²) < 4.78 is 3.84. The van der Waals surface area contributed by atoms with Gasteiger partial charge in [0.05, 0.1) is 0 Å². The van der Waals surface area contributed by atoms with E-state index in [1.54, 1.807) is 0 Å². The van der Waals surface area contributed by atoms with Crippen molar-refractivity contribution in [2.75, 3.05) is 0 Å². The minimum atomic E-state index is -0.863. The molecule has 0 atom stereocenters. The molecular formula is C13H13N3Si. The van der Waals surface area contributed by atoms with Crippen LogP contribution in [0.25, 0.3) is 10.4 Å². The van der Waals surface area contributed by atoms with Gasteiger partial charge in [-0.3, -0.25) is 0 Å². The second kappa shape index (κ2) is 5.89. The molecular weight excluding hydrogens is 226 g/mol. The summed E-state index contributed by atoms with van der Waals surface area (Å²) in [6.07, 6.45) is 0. The van der Waals surface area contributed by atoms with Gasteiger partial charge in [-0.15, -0.1) is 4.78 Å². The van der Waals surface area contributed by atoms with Gasteiger partial charge in [-0.2, -0.15) is 0 Å². The van der Waals surface area contributed by atoms with Gasteiger partial charge in [0, 0.05) is 5.54 Å². The summed E-state index contributed by atoms with van der Waals surface area (Å²) in [5.41, 5.74) is 11.2. The van der Waals surface area contributed by atoms with Crippen LogP contribution in [0, 0.1) is 0 Å². The highest BCUT2D eigenvalue weighted by molar-refractivity contribution is 6.36. The average Bonchev–Trinajstić information content (AvgIpc) is 2.42. The molecule has 0 spiro atoms. The molecule has 0 amide bonds. The summed E-state index contributed by atoms with van der Waals surface area (Å²) in [5.74, 6) is 0. The Hall–Kier alpha value is -2.03. The maximum absolute atomic E-state index is 8.50. The van der Waals surface area contributed by atoms with E-state index in [9.17, 15) is 0 Å². The molecule has 0 fully saturated rings. The van der Waals surface area contributed by atoms with Crippen LogP contribution in [-0.2, 0) is 0 Å². The number of benzene rings is 2. The van der Waals surface area contributed by atoms with Crippen LogP contribution < -0.4 is 0 Å². The molecule has 0 unspecified atom stereocenters. The third-order valence-corrected chi connectivity index (χ3v) is 4.33. The van der Waals surface area contributed by atoms with E-state index < -0.39 is 9.68 Å². The highest BCUT2D eigenvalue weighted by Crippen LogP contribution is 2.23. The molecule has 0 N–H and O–H groups in total. The number of azide groups is 1. The molecule has 84 valence electrons. The molecule has 0 saturated heterocycles. The zero-order chi connectivity index (χ0) is 11.9. The van der Waals surface area contributed by atoms with Crippen molar-refractivity contribution >= 4 is 9.68 Å². The first-order chi connectivity index (χ1) is 8.42. The molecule has 2 rings (SSSR count). The fourth-order valence-electron chi connectivity index (χ4n) is 1.89. The molecule has 0 radical (unpaired) electrons. The van der Waals surface area contributed by atoms with Crippen molar-refractivity contribution in [3.8, 4) is 0 Å². The Kier molecular flexibility index (Phi) is 3.97. The zero-order valence-corrected chi connectivity index (χ0v) is 10.8. The van der Waals surface area contributed by atoms with Crippen LogP contribution in [0.15, 0.2) is 65.4 Å². The second-order valence-electron chi connectivity index (χ2n) is 3.79. The van der Waals surface area contributed by atoms with E-state index in [1.807, 2.05) is 36.4 Å². The van der Waals surface area contributed by atoms with Gasteiger partial charge in [0.15, 0.2) is 0 Å². The topological polar surface area (TPSA) is 48.8 Å². The fraction of sp³-hybridized carbons (Fsp3) is 0.0769. The highest BCUT2D eigenvalue weighted by atomic mass is 28.2. The standard InChI is InChI=1S/C13H13N3Si/c14-15-16-17-13(11-7-3-1-4-8-11)12-9-5-2-6-10-12/h1-10,13H,17H2. The lowest BCUT2D eigenvalue weighted by Gasteiger charge is -2.14. The Balaban J connectivity index is 2.35. The van der Waals surface area contributed by atoms with Crippen LogP contribution >= 0.6 is 0 Å². The number of hydrogen-bond donors (Lipinski definition) is 0. The minimum absolute atomic E-state index is 0.272. The van der Waals surface area contributed by atoms with E-state index in [4.69, 9.17) is 5.53 Å². The molecule has 3 nitrogen and oxygen atoms in total. The minimum Gasteiger partial charge on any atom is -0.131 e. The van der Waals surface area contributed by atoms with E-state index >= 15 is 0 Å². The van der Waals surface area contributed by atoms with Crippen LogP contribution in [-0.4, -0.2) is 9.68 Å². The number of rotatable bonds is 4. The third kappa shape index (κ3) is 2.97. The Bertz CT molecular complexity index is 467. The predicted octanol–water partition coefficient (Wildman–Crippen LogP) is 3.17. The molecule has 0 heterocycles. The van der Waals surface area contributed by atoms with Crippen molar-refractivity contribution in [3.63, 3.8) is 0 Å². The summed E-state index contributed by atoms with van der Waals surface area (Å²) in [4.78, 5) is 2.91. The Morgan fingerprint density at radius 1 is 0.882 bits per heavy atom. The Morgan fingerprint density at radius 2 is 1.35 bits per heavy atom. The zero-order valence-electron chi connectivity index (χ0n) is 9.40. The molecule has 0 bridgehead atoms. The number of hydrogen-bond acceptors (Lipinski definition) is 1. The molecule has 2 aromatic carbocycles. The lowest BCUT2D eigenvalue weighted by Crippen LogP contribution is -2.07. The smallest absolute Gasteiger partial charge is 0.131 e. The van der Waals surface area contributed by atoms with Gasteiger partial charge in [0.2, 0.25) is 0 Å². The largest absolute Gasteiger partial charge is 0.136 e. The van der Waals surface area contributed by atoms with Gasteiger partial charge in [0.25, 0.3) is 0 Å². The molecule has 0 aromatic heterocycles. The van der Waals surface area contributed by atoms with Gasteiger partial charge >= 0.3 is 0 Å². The van der Waals surface area contributed by atoms with Gasteiger partial charge in [-0.05, 0) is 21.6 Å². The van der Waals surface area contributed by atoms with E-state index in [-0.39, 0.29) is 5.54 Å². The lowest BCUT2D eigenvalue weighted by molar-refractivity contribution is 1.11. The van der Waals surface area contributed by atoms with Crippen LogP contribution in [0.5, 0.6) is 0 Å². The molecule has 4 heteroatoms. The van der Waals surface area contributed by atoms with Crippen molar-refractivity contribution < 1.29 is 0 Å². The van der Waals surface area contributed by atoms with Crippen molar-refractivity contribution in [1.29, 1.82) is 0 Å². The molecule has 0 aliphatic heterocycles. The summed E-state index contributed by atoms with van der Waals surface area (Å²) in [6.45, 7) is 0. The first kappa shape index (κ1) is 11.5.